The van der Waals surface area contributed by atoms with Gasteiger partial charge in [0, 0.05) is 6.54 Å². The molecular weight excluding hydrogens is 341 g/mol. The number of carboxylic acids is 1. The smallest absolute Gasteiger partial charge is 0.481 e. The van der Waals surface area contributed by atoms with E-state index in [0.717, 1.165) is 0 Å². The Labute approximate surface area is 142 Å². The van der Waals surface area contributed by atoms with Crippen molar-refractivity contribution in [3.8, 4) is 5.75 Å². The molecule has 0 bridgehead atoms. The molecule has 1 aliphatic rings. The van der Waals surface area contributed by atoms with Crippen molar-refractivity contribution in [1.29, 1.82) is 0 Å². The predicted octanol–water partition coefficient (Wildman–Crippen LogP) is 2.17. The molecule has 1 aromatic rings. The zero-order chi connectivity index (χ0) is 18.6. The zero-order valence-electron chi connectivity index (χ0n) is 13.5. The summed E-state index contributed by atoms with van der Waals surface area (Å²) in [6.45, 7) is 2.67. The Hall–Kier alpha value is -2.29. The van der Waals surface area contributed by atoms with Crippen LogP contribution in [0.1, 0.15) is 24.9 Å². The summed E-state index contributed by atoms with van der Waals surface area (Å²) in [7, 11) is 0. The highest BCUT2D eigenvalue weighted by atomic mass is 19.4. The number of hydrogen-bond acceptors (Lipinski definition) is 4. The minimum absolute atomic E-state index is 0.0867. The number of halogens is 3. The standard InChI is InChI=1S/C16H19F3N2O4/c1-10(11-2-4-13(5-3-11)25-16(17,18)19)20-14(22)9-21-7-6-12(8-21)15(23)24/h2-5,10,12H,6-9H2,1H3,(H,20,22)(H,23,24). The Morgan fingerprint density at radius 1 is 1.36 bits per heavy atom. The van der Waals surface area contributed by atoms with Crippen molar-refractivity contribution in [2.45, 2.75) is 25.7 Å². The molecule has 1 amide bonds. The third-order valence-corrected chi connectivity index (χ3v) is 3.98. The van der Waals surface area contributed by atoms with Crippen LogP contribution in [0, 0.1) is 5.92 Å². The summed E-state index contributed by atoms with van der Waals surface area (Å²) in [6.07, 6.45) is -4.23. The van der Waals surface area contributed by atoms with Gasteiger partial charge >= 0.3 is 12.3 Å². The number of amides is 1. The summed E-state index contributed by atoms with van der Waals surface area (Å²) < 4.78 is 40.2. The third-order valence-electron chi connectivity index (χ3n) is 3.98. The first kappa shape index (κ1) is 19.0. The Morgan fingerprint density at radius 3 is 2.52 bits per heavy atom. The van der Waals surface area contributed by atoms with E-state index in [1.54, 1.807) is 11.8 Å². The number of carboxylic acid groups (broad SMARTS) is 1. The normalized spacial score (nSPS) is 19.4. The van der Waals surface area contributed by atoms with Crippen LogP contribution in [0.5, 0.6) is 5.75 Å². The van der Waals surface area contributed by atoms with Crippen molar-refractivity contribution >= 4 is 11.9 Å². The minimum atomic E-state index is -4.75. The second-order valence-corrected chi connectivity index (χ2v) is 5.96. The number of rotatable bonds is 6. The van der Waals surface area contributed by atoms with E-state index >= 15 is 0 Å². The molecule has 0 aromatic heterocycles. The summed E-state index contributed by atoms with van der Waals surface area (Å²) in [5, 5.41) is 11.7. The van der Waals surface area contributed by atoms with Gasteiger partial charge in [-0.05, 0) is 37.6 Å². The van der Waals surface area contributed by atoms with Gasteiger partial charge in [-0.25, -0.2) is 0 Å². The van der Waals surface area contributed by atoms with Crippen LogP contribution in [0.2, 0.25) is 0 Å². The lowest BCUT2D eigenvalue weighted by Gasteiger charge is -2.19. The fourth-order valence-corrected chi connectivity index (χ4v) is 2.71. The summed E-state index contributed by atoms with van der Waals surface area (Å²) >= 11 is 0. The van der Waals surface area contributed by atoms with Gasteiger partial charge in [0.1, 0.15) is 5.75 Å². The Balaban J connectivity index is 1.84. The van der Waals surface area contributed by atoms with Crippen LogP contribution >= 0.6 is 0 Å². The lowest BCUT2D eigenvalue weighted by Crippen LogP contribution is -2.37. The summed E-state index contributed by atoms with van der Waals surface area (Å²) in [4.78, 5) is 24.7. The zero-order valence-corrected chi connectivity index (χ0v) is 13.5. The molecule has 138 valence electrons. The molecule has 0 saturated carbocycles. The van der Waals surface area contributed by atoms with Gasteiger partial charge in [-0.15, -0.1) is 13.2 Å². The third kappa shape index (κ3) is 5.93. The van der Waals surface area contributed by atoms with Crippen LogP contribution in [0.3, 0.4) is 0 Å². The molecule has 1 heterocycles. The number of nitrogens with one attached hydrogen (secondary N) is 1. The molecular formula is C16H19F3N2O4. The molecule has 2 atom stereocenters. The van der Waals surface area contributed by atoms with Crippen molar-refractivity contribution in [3.63, 3.8) is 0 Å². The van der Waals surface area contributed by atoms with Crippen LogP contribution < -0.4 is 10.1 Å². The van der Waals surface area contributed by atoms with Gasteiger partial charge in [-0.1, -0.05) is 12.1 Å². The SMILES string of the molecule is CC(NC(=O)CN1CCC(C(=O)O)C1)c1ccc(OC(F)(F)F)cc1. The topological polar surface area (TPSA) is 78.9 Å². The van der Waals surface area contributed by atoms with Crippen molar-refractivity contribution < 1.29 is 32.6 Å². The molecule has 6 nitrogen and oxygen atoms in total. The summed E-state index contributed by atoms with van der Waals surface area (Å²) in [5.41, 5.74) is 0.632. The molecule has 0 spiro atoms. The van der Waals surface area contributed by atoms with Crippen LogP contribution in [0.4, 0.5) is 13.2 Å². The number of hydrogen-bond donors (Lipinski definition) is 2. The number of aliphatic carboxylic acids is 1. The molecule has 9 heteroatoms. The monoisotopic (exact) mass is 360 g/mol. The van der Waals surface area contributed by atoms with Gasteiger partial charge in [-0.3, -0.25) is 14.5 Å². The Kier molecular flexibility index (Phi) is 5.89. The van der Waals surface area contributed by atoms with E-state index in [1.807, 2.05) is 0 Å². The van der Waals surface area contributed by atoms with Crippen molar-refractivity contribution in [1.82, 2.24) is 10.2 Å². The highest BCUT2D eigenvalue weighted by Gasteiger charge is 2.31. The molecule has 2 rings (SSSR count). The summed E-state index contributed by atoms with van der Waals surface area (Å²) in [6, 6.07) is 4.86. The van der Waals surface area contributed by atoms with E-state index in [2.05, 4.69) is 10.1 Å². The highest BCUT2D eigenvalue weighted by Crippen LogP contribution is 2.24. The van der Waals surface area contributed by atoms with Crippen LogP contribution in [-0.4, -0.2) is 47.9 Å². The fourth-order valence-electron chi connectivity index (χ4n) is 2.71. The van der Waals surface area contributed by atoms with E-state index in [-0.39, 0.29) is 18.2 Å². The van der Waals surface area contributed by atoms with Crippen LogP contribution in [0.15, 0.2) is 24.3 Å². The molecule has 0 aliphatic carbocycles. The van der Waals surface area contributed by atoms with Gasteiger partial charge in [0.05, 0.1) is 18.5 Å². The number of nitrogens with zero attached hydrogens (tertiary/aromatic N) is 1. The minimum Gasteiger partial charge on any atom is -0.481 e. The number of carbonyl (C=O) groups excluding carboxylic acids is 1. The van der Waals surface area contributed by atoms with Crippen molar-refractivity contribution in [2.75, 3.05) is 19.6 Å². The van der Waals surface area contributed by atoms with Gasteiger partial charge in [0.25, 0.3) is 0 Å². The second-order valence-electron chi connectivity index (χ2n) is 5.96. The molecule has 1 saturated heterocycles. The molecule has 1 aromatic carbocycles. The number of benzene rings is 1. The van der Waals surface area contributed by atoms with Crippen LogP contribution in [0.25, 0.3) is 0 Å². The lowest BCUT2D eigenvalue weighted by molar-refractivity contribution is -0.274. The quantitative estimate of drug-likeness (QED) is 0.813. The number of likely N-dealkylation sites (tertiary alicyclic amines) is 1. The maximum Gasteiger partial charge on any atom is 0.573 e. The van der Waals surface area contributed by atoms with Gasteiger partial charge < -0.3 is 15.2 Å². The maximum atomic E-state index is 12.1. The molecule has 0 radical (unpaired) electrons. The maximum absolute atomic E-state index is 12.1. The average Bonchev–Trinajstić information content (AvgIpc) is 2.94. The molecule has 1 fully saturated rings. The van der Waals surface area contributed by atoms with Gasteiger partial charge in [0.2, 0.25) is 5.91 Å². The average molecular weight is 360 g/mol. The lowest BCUT2D eigenvalue weighted by atomic mass is 10.1. The molecule has 2 unspecified atom stereocenters. The largest absolute Gasteiger partial charge is 0.573 e. The summed E-state index contributed by atoms with van der Waals surface area (Å²) in [5.74, 6) is -1.91. The second kappa shape index (κ2) is 7.73. The van der Waals surface area contributed by atoms with E-state index in [9.17, 15) is 22.8 Å². The van der Waals surface area contributed by atoms with E-state index in [4.69, 9.17) is 5.11 Å². The number of alkyl halides is 3. The Bertz CT molecular complexity index is 619. The molecule has 2 N–H and O–H groups in total. The number of carbonyl (C=O) groups is 2. The van der Waals surface area contributed by atoms with Crippen LogP contribution in [-0.2, 0) is 9.59 Å². The highest BCUT2D eigenvalue weighted by molar-refractivity contribution is 5.78. The van der Waals surface area contributed by atoms with Gasteiger partial charge in [0.15, 0.2) is 0 Å². The van der Waals surface area contributed by atoms with Gasteiger partial charge in [-0.2, -0.15) is 0 Å². The molecule has 1 aliphatic heterocycles. The Morgan fingerprint density at radius 2 is 2.00 bits per heavy atom. The first-order valence-electron chi connectivity index (χ1n) is 7.74. The first-order valence-corrected chi connectivity index (χ1v) is 7.74. The van der Waals surface area contributed by atoms with E-state index in [0.29, 0.717) is 25.1 Å². The molecule has 25 heavy (non-hydrogen) atoms. The fraction of sp³-hybridized carbons (Fsp3) is 0.500. The van der Waals surface area contributed by atoms with Crippen molar-refractivity contribution in [2.24, 2.45) is 5.92 Å². The van der Waals surface area contributed by atoms with Crippen molar-refractivity contribution in [3.05, 3.63) is 29.8 Å². The first-order chi connectivity index (χ1) is 11.6. The number of ether oxygens (including phenoxy) is 1. The predicted molar refractivity (Wildman–Crippen MR) is 81.9 cm³/mol. The van der Waals surface area contributed by atoms with E-state index < -0.39 is 24.3 Å². The van der Waals surface area contributed by atoms with E-state index in [1.165, 1.54) is 24.3 Å².